The minimum atomic E-state index is -0.331. The predicted octanol–water partition coefficient (Wildman–Crippen LogP) is 2.69. The van der Waals surface area contributed by atoms with Crippen LogP contribution in [-0.4, -0.2) is 18.5 Å². The molecule has 0 atom stereocenters. The first-order chi connectivity index (χ1) is 8.75. The standard InChI is InChI=1S/C14H19FN2O/c15-12-8-4-5-9-13(12)16-10-14(18)17-11-6-2-1-3-7-11/h4-5,8-9,11,16H,1-3,6-7,10H2,(H,17,18). The summed E-state index contributed by atoms with van der Waals surface area (Å²) in [4.78, 5) is 11.7. The van der Waals surface area contributed by atoms with Crippen LogP contribution in [0.4, 0.5) is 10.1 Å². The molecule has 0 aliphatic heterocycles. The zero-order chi connectivity index (χ0) is 12.8. The smallest absolute Gasteiger partial charge is 0.239 e. The van der Waals surface area contributed by atoms with Crippen LogP contribution >= 0.6 is 0 Å². The molecule has 1 aromatic rings. The van der Waals surface area contributed by atoms with Crippen LogP contribution in [-0.2, 0) is 4.79 Å². The van der Waals surface area contributed by atoms with Crippen LogP contribution in [0, 0.1) is 5.82 Å². The zero-order valence-electron chi connectivity index (χ0n) is 10.4. The minimum absolute atomic E-state index is 0.0647. The second-order valence-corrected chi connectivity index (χ2v) is 4.74. The van der Waals surface area contributed by atoms with E-state index in [0.717, 1.165) is 12.8 Å². The first-order valence-corrected chi connectivity index (χ1v) is 6.53. The van der Waals surface area contributed by atoms with E-state index < -0.39 is 0 Å². The van der Waals surface area contributed by atoms with Crippen molar-refractivity contribution in [3.63, 3.8) is 0 Å². The third kappa shape index (κ3) is 3.72. The van der Waals surface area contributed by atoms with Gasteiger partial charge in [0.25, 0.3) is 0 Å². The lowest BCUT2D eigenvalue weighted by atomic mass is 9.95. The van der Waals surface area contributed by atoms with Crippen molar-refractivity contribution in [2.75, 3.05) is 11.9 Å². The SMILES string of the molecule is O=C(CNc1ccccc1F)NC1CCCCC1. The van der Waals surface area contributed by atoms with Gasteiger partial charge in [0.05, 0.1) is 12.2 Å². The van der Waals surface area contributed by atoms with Crippen LogP contribution in [0.3, 0.4) is 0 Å². The van der Waals surface area contributed by atoms with Gasteiger partial charge in [0.2, 0.25) is 5.91 Å². The number of hydrogen-bond acceptors (Lipinski definition) is 2. The van der Waals surface area contributed by atoms with Crippen molar-refractivity contribution < 1.29 is 9.18 Å². The van der Waals surface area contributed by atoms with Gasteiger partial charge in [0.15, 0.2) is 0 Å². The molecule has 0 saturated heterocycles. The number of anilines is 1. The average Bonchev–Trinajstić information content (AvgIpc) is 2.39. The molecule has 0 bridgehead atoms. The molecule has 2 rings (SSSR count). The first-order valence-electron chi connectivity index (χ1n) is 6.53. The van der Waals surface area contributed by atoms with Crippen molar-refractivity contribution in [3.05, 3.63) is 30.1 Å². The number of hydrogen-bond donors (Lipinski definition) is 2. The van der Waals surface area contributed by atoms with E-state index in [2.05, 4.69) is 10.6 Å². The Morgan fingerprint density at radius 2 is 1.94 bits per heavy atom. The number of carbonyl (C=O) groups is 1. The minimum Gasteiger partial charge on any atom is -0.374 e. The summed E-state index contributed by atoms with van der Waals surface area (Å²) in [6.45, 7) is 0.122. The van der Waals surface area contributed by atoms with Crippen molar-refractivity contribution in [1.29, 1.82) is 0 Å². The second-order valence-electron chi connectivity index (χ2n) is 4.74. The number of para-hydroxylation sites is 1. The molecule has 0 radical (unpaired) electrons. The summed E-state index contributed by atoms with van der Waals surface area (Å²) in [5.41, 5.74) is 0.372. The van der Waals surface area contributed by atoms with E-state index in [4.69, 9.17) is 0 Å². The van der Waals surface area contributed by atoms with Crippen molar-refractivity contribution >= 4 is 11.6 Å². The lowest BCUT2D eigenvalue weighted by Crippen LogP contribution is -2.39. The van der Waals surface area contributed by atoms with Gasteiger partial charge in [-0.15, -0.1) is 0 Å². The molecule has 3 nitrogen and oxygen atoms in total. The van der Waals surface area contributed by atoms with E-state index in [1.807, 2.05) is 0 Å². The molecule has 1 saturated carbocycles. The quantitative estimate of drug-likeness (QED) is 0.862. The normalized spacial score (nSPS) is 16.3. The Labute approximate surface area is 107 Å². The fourth-order valence-electron chi connectivity index (χ4n) is 2.31. The molecular formula is C14H19FN2O. The summed E-state index contributed by atoms with van der Waals surface area (Å²) in [6, 6.07) is 6.67. The Hall–Kier alpha value is -1.58. The van der Waals surface area contributed by atoms with Crippen molar-refractivity contribution in [2.24, 2.45) is 0 Å². The summed E-state index contributed by atoms with van der Waals surface area (Å²) in [5.74, 6) is -0.395. The maximum absolute atomic E-state index is 13.3. The van der Waals surface area contributed by atoms with Gasteiger partial charge in [-0.1, -0.05) is 31.4 Å². The molecule has 0 heterocycles. The maximum Gasteiger partial charge on any atom is 0.239 e. The summed E-state index contributed by atoms with van der Waals surface area (Å²) in [6.07, 6.45) is 5.76. The van der Waals surface area contributed by atoms with E-state index in [0.29, 0.717) is 11.7 Å². The Bertz CT molecular complexity index is 403. The van der Waals surface area contributed by atoms with E-state index >= 15 is 0 Å². The maximum atomic E-state index is 13.3. The molecule has 1 aromatic carbocycles. The summed E-state index contributed by atoms with van der Waals surface area (Å²) in [7, 11) is 0. The highest BCUT2D eigenvalue weighted by Gasteiger charge is 2.15. The van der Waals surface area contributed by atoms with Crippen molar-refractivity contribution in [2.45, 2.75) is 38.1 Å². The van der Waals surface area contributed by atoms with Crippen molar-refractivity contribution in [1.82, 2.24) is 5.32 Å². The zero-order valence-corrected chi connectivity index (χ0v) is 10.4. The molecule has 18 heavy (non-hydrogen) atoms. The van der Waals surface area contributed by atoms with Gasteiger partial charge < -0.3 is 10.6 Å². The third-order valence-corrected chi connectivity index (χ3v) is 3.28. The third-order valence-electron chi connectivity index (χ3n) is 3.28. The molecule has 1 amide bonds. The number of amides is 1. The molecule has 0 aromatic heterocycles. The van der Waals surface area contributed by atoms with Crippen molar-refractivity contribution in [3.8, 4) is 0 Å². The Morgan fingerprint density at radius 3 is 2.67 bits per heavy atom. The summed E-state index contributed by atoms with van der Waals surface area (Å²) >= 11 is 0. The van der Waals surface area contributed by atoms with Crippen LogP contribution in [0.2, 0.25) is 0 Å². The molecule has 1 fully saturated rings. The predicted molar refractivity (Wildman–Crippen MR) is 69.9 cm³/mol. The van der Waals surface area contributed by atoms with Gasteiger partial charge in [-0.3, -0.25) is 4.79 Å². The molecule has 0 spiro atoms. The molecule has 1 aliphatic rings. The Morgan fingerprint density at radius 1 is 1.22 bits per heavy atom. The highest BCUT2D eigenvalue weighted by atomic mass is 19.1. The van der Waals surface area contributed by atoms with Gasteiger partial charge in [-0.2, -0.15) is 0 Å². The van der Waals surface area contributed by atoms with Crippen LogP contribution in [0.25, 0.3) is 0 Å². The second kappa shape index (κ2) is 6.38. The number of nitrogens with one attached hydrogen (secondary N) is 2. The lowest BCUT2D eigenvalue weighted by Gasteiger charge is -2.22. The molecule has 0 unspecified atom stereocenters. The molecule has 1 aliphatic carbocycles. The average molecular weight is 250 g/mol. The molecule has 2 N–H and O–H groups in total. The Kier molecular flexibility index (Phi) is 4.56. The number of benzene rings is 1. The highest BCUT2D eigenvalue weighted by molar-refractivity contribution is 5.81. The van der Waals surface area contributed by atoms with Crippen LogP contribution in [0.15, 0.2) is 24.3 Å². The van der Waals surface area contributed by atoms with E-state index in [9.17, 15) is 9.18 Å². The fraction of sp³-hybridized carbons (Fsp3) is 0.500. The monoisotopic (exact) mass is 250 g/mol. The number of halogens is 1. The topological polar surface area (TPSA) is 41.1 Å². The van der Waals surface area contributed by atoms with E-state index in [1.165, 1.54) is 25.3 Å². The van der Waals surface area contributed by atoms with Gasteiger partial charge in [0, 0.05) is 6.04 Å². The fourth-order valence-corrected chi connectivity index (χ4v) is 2.31. The van der Waals surface area contributed by atoms with Gasteiger partial charge in [0.1, 0.15) is 5.82 Å². The molecule has 98 valence electrons. The lowest BCUT2D eigenvalue weighted by molar-refractivity contribution is -0.120. The Balaban J connectivity index is 1.76. The van der Waals surface area contributed by atoms with Gasteiger partial charge in [-0.25, -0.2) is 4.39 Å². The largest absolute Gasteiger partial charge is 0.374 e. The van der Waals surface area contributed by atoms with Gasteiger partial charge >= 0.3 is 0 Å². The summed E-state index contributed by atoms with van der Waals surface area (Å²) in [5, 5.41) is 5.80. The van der Waals surface area contributed by atoms with Crippen LogP contribution in [0.5, 0.6) is 0 Å². The van der Waals surface area contributed by atoms with E-state index in [1.54, 1.807) is 18.2 Å². The number of rotatable bonds is 4. The molecule has 4 heteroatoms. The number of carbonyl (C=O) groups excluding carboxylic acids is 1. The summed E-state index contributed by atoms with van der Waals surface area (Å²) < 4.78 is 13.3. The van der Waals surface area contributed by atoms with Crippen LogP contribution < -0.4 is 10.6 Å². The van der Waals surface area contributed by atoms with Crippen LogP contribution in [0.1, 0.15) is 32.1 Å². The van der Waals surface area contributed by atoms with Gasteiger partial charge in [-0.05, 0) is 25.0 Å². The van der Waals surface area contributed by atoms with E-state index in [-0.39, 0.29) is 18.3 Å². The highest BCUT2D eigenvalue weighted by Crippen LogP contribution is 2.17. The molecular weight excluding hydrogens is 231 g/mol. The first kappa shape index (κ1) is 12.9.